The molecule has 7 heteroatoms. The fourth-order valence-electron chi connectivity index (χ4n) is 2.86. The summed E-state index contributed by atoms with van der Waals surface area (Å²) in [7, 11) is 0. The SMILES string of the molecule is CCCOc1ccc(/C=C(\C#N)C(=O)Nc2ccc(OCc3ccccc3Cl)cc2)cc1Br. The minimum absolute atomic E-state index is 0.0110. The van der Waals surface area contributed by atoms with E-state index >= 15 is 0 Å². The summed E-state index contributed by atoms with van der Waals surface area (Å²) in [5.41, 5.74) is 2.14. The van der Waals surface area contributed by atoms with Gasteiger partial charge in [0, 0.05) is 16.3 Å². The van der Waals surface area contributed by atoms with Crippen LogP contribution < -0.4 is 14.8 Å². The molecule has 33 heavy (non-hydrogen) atoms. The monoisotopic (exact) mass is 524 g/mol. The normalized spacial score (nSPS) is 10.9. The van der Waals surface area contributed by atoms with Crippen LogP contribution in [-0.4, -0.2) is 12.5 Å². The second-order valence-corrected chi connectivity index (χ2v) is 8.33. The van der Waals surface area contributed by atoms with Crippen molar-refractivity contribution in [1.82, 2.24) is 0 Å². The van der Waals surface area contributed by atoms with Crippen molar-refractivity contribution >= 4 is 45.2 Å². The highest BCUT2D eigenvalue weighted by molar-refractivity contribution is 9.10. The lowest BCUT2D eigenvalue weighted by Crippen LogP contribution is -2.13. The fourth-order valence-corrected chi connectivity index (χ4v) is 3.56. The van der Waals surface area contributed by atoms with Crippen LogP contribution >= 0.6 is 27.5 Å². The summed E-state index contributed by atoms with van der Waals surface area (Å²) in [5, 5.41) is 12.9. The molecule has 3 aromatic rings. The molecule has 0 fully saturated rings. The number of nitriles is 1. The Kier molecular flexibility index (Phi) is 8.94. The maximum Gasteiger partial charge on any atom is 0.266 e. The molecule has 0 aliphatic carbocycles. The van der Waals surface area contributed by atoms with E-state index in [0.29, 0.717) is 41.0 Å². The van der Waals surface area contributed by atoms with Gasteiger partial charge in [0.05, 0.1) is 11.1 Å². The van der Waals surface area contributed by atoms with Gasteiger partial charge < -0.3 is 14.8 Å². The average Bonchev–Trinajstić information content (AvgIpc) is 2.82. The molecule has 5 nitrogen and oxygen atoms in total. The molecule has 0 radical (unpaired) electrons. The summed E-state index contributed by atoms with van der Waals surface area (Å²) >= 11 is 9.60. The van der Waals surface area contributed by atoms with Gasteiger partial charge >= 0.3 is 0 Å². The third kappa shape index (κ3) is 7.11. The summed E-state index contributed by atoms with van der Waals surface area (Å²) in [6, 6.07) is 21.8. The van der Waals surface area contributed by atoms with Gasteiger partial charge in [-0.3, -0.25) is 4.79 Å². The topological polar surface area (TPSA) is 71.3 Å². The number of anilines is 1. The van der Waals surface area contributed by atoms with Gasteiger partial charge in [-0.25, -0.2) is 0 Å². The van der Waals surface area contributed by atoms with Gasteiger partial charge in [0.25, 0.3) is 5.91 Å². The van der Waals surface area contributed by atoms with Crippen LogP contribution in [0.25, 0.3) is 6.08 Å². The zero-order chi connectivity index (χ0) is 23.6. The van der Waals surface area contributed by atoms with Gasteiger partial charge in [-0.05, 0) is 76.5 Å². The minimum atomic E-state index is -0.496. The molecule has 0 aliphatic rings. The Morgan fingerprint density at radius 2 is 1.88 bits per heavy atom. The highest BCUT2D eigenvalue weighted by Crippen LogP contribution is 2.27. The Morgan fingerprint density at radius 1 is 1.12 bits per heavy atom. The first-order valence-electron chi connectivity index (χ1n) is 10.3. The Bertz CT molecular complexity index is 1190. The van der Waals surface area contributed by atoms with Crippen LogP contribution in [0.1, 0.15) is 24.5 Å². The van der Waals surface area contributed by atoms with Crippen molar-refractivity contribution in [2.45, 2.75) is 20.0 Å². The van der Waals surface area contributed by atoms with Gasteiger partial charge in [-0.2, -0.15) is 5.26 Å². The Hall–Kier alpha value is -3.27. The molecule has 0 saturated carbocycles. The number of amides is 1. The second kappa shape index (κ2) is 12.1. The van der Waals surface area contributed by atoms with Crippen molar-refractivity contribution in [2.75, 3.05) is 11.9 Å². The number of carbonyl (C=O) groups is 1. The molecule has 0 bridgehead atoms. The highest BCUT2D eigenvalue weighted by atomic mass is 79.9. The van der Waals surface area contributed by atoms with Crippen LogP contribution in [0.15, 0.2) is 76.8 Å². The van der Waals surface area contributed by atoms with E-state index in [2.05, 4.69) is 21.2 Å². The predicted molar refractivity (Wildman–Crippen MR) is 134 cm³/mol. The molecule has 0 heterocycles. The molecule has 0 aromatic heterocycles. The third-order valence-electron chi connectivity index (χ3n) is 4.56. The molecule has 0 aliphatic heterocycles. The molecule has 3 aromatic carbocycles. The van der Waals surface area contributed by atoms with Crippen molar-refractivity contribution < 1.29 is 14.3 Å². The number of halogens is 2. The summed E-state index contributed by atoms with van der Waals surface area (Å²) in [5.74, 6) is 0.859. The van der Waals surface area contributed by atoms with E-state index in [1.165, 1.54) is 6.08 Å². The number of benzene rings is 3. The summed E-state index contributed by atoms with van der Waals surface area (Å²) < 4.78 is 12.1. The molecule has 1 N–H and O–H groups in total. The van der Waals surface area contributed by atoms with Crippen molar-refractivity contribution in [3.63, 3.8) is 0 Å². The third-order valence-corrected chi connectivity index (χ3v) is 5.55. The molecule has 168 valence electrons. The van der Waals surface area contributed by atoms with E-state index < -0.39 is 5.91 Å². The van der Waals surface area contributed by atoms with Gasteiger partial charge in [0.2, 0.25) is 0 Å². The van der Waals surface area contributed by atoms with Gasteiger partial charge in [0.15, 0.2) is 0 Å². The number of nitrogens with one attached hydrogen (secondary N) is 1. The van der Waals surface area contributed by atoms with Crippen molar-refractivity contribution in [2.24, 2.45) is 0 Å². The van der Waals surface area contributed by atoms with E-state index in [0.717, 1.165) is 16.5 Å². The number of rotatable bonds is 9. The molecule has 3 rings (SSSR count). The van der Waals surface area contributed by atoms with Crippen molar-refractivity contribution in [3.8, 4) is 17.6 Å². The molecular formula is C26H22BrClN2O3. The first-order valence-corrected chi connectivity index (χ1v) is 11.5. The standard InChI is InChI=1S/C26H22BrClN2O3/c1-2-13-32-25-12-7-18(15-23(25)27)14-20(16-29)26(31)30-21-8-10-22(11-9-21)33-17-19-5-3-4-6-24(19)28/h3-12,14-15H,2,13,17H2,1H3,(H,30,31)/b20-14+. The quantitative estimate of drug-likeness (QED) is 0.241. The van der Waals surface area contributed by atoms with E-state index in [4.69, 9.17) is 21.1 Å². The van der Waals surface area contributed by atoms with Gasteiger partial charge in [-0.1, -0.05) is 42.8 Å². The Labute approximate surface area is 206 Å². The van der Waals surface area contributed by atoms with Crippen molar-refractivity contribution in [1.29, 1.82) is 5.26 Å². The van der Waals surface area contributed by atoms with Crippen LogP contribution in [0.2, 0.25) is 5.02 Å². The molecule has 1 amide bonds. The van der Waals surface area contributed by atoms with Crippen molar-refractivity contribution in [3.05, 3.63) is 92.9 Å². The number of hydrogen-bond donors (Lipinski definition) is 1. The minimum Gasteiger partial charge on any atom is -0.492 e. The van der Waals surface area contributed by atoms with Crippen LogP contribution in [0.4, 0.5) is 5.69 Å². The molecule has 0 unspecified atom stereocenters. The second-order valence-electron chi connectivity index (χ2n) is 7.07. The van der Waals surface area contributed by atoms with Crippen LogP contribution in [0.5, 0.6) is 11.5 Å². The summed E-state index contributed by atoms with van der Waals surface area (Å²) in [4.78, 5) is 12.6. The van der Waals surface area contributed by atoms with Crippen LogP contribution in [0.3, 0.4) is 0 Å². The van der Waals surface area contributed by atoms with E-state index in [1.807, 2.05) is 37.3 Å². The Balaban J connectivity index is 1.62. The number of ether oxygens (including phenoxy) is 2. The Morgan fingerprint density at radius 3 is 2.55 bits per heavy atom. The van der Waals surface area contributed by atoms with E-state index in [9.17, 15) is 10.1 Å². The lowest BCUT2D eigenvalue weighted by Gasteiger charge is -2.09. The van der Waals surface area contributed by atoms with Crippen LogP contribution in [0, 0.1) is 11.3 Å². The summed E-state index contributed by atoms with van der Waals surface area (Å²) in [6.07, 6.45) is 2.44. The number of carbonyl (C=O) groups excluding carboxylic acids is 1. The number of nitrogens with zero attached hydrogens (tertiary/aromatic N) is 1. The molecular weight excluding hydrogens is 504 g/mol. The van der Waals surface area contributed by atoms with E-state index in [1.54, 1.807) is 42.5 Å². The largest absolute Gasteiger partial charge is 0.492 e. The fraction of sp³-hybridized carbons (Fsp3) is 0.154. The zero-order valence-electron chi connectivity index (χ0n) is 18.0. The molecule has 0 atom stereocenters. The average molecular weight is 526 g/mol. The zero-order valence-corrected chi connectivity index (χ0v) is 20.3. The molecule has 0 spiro atoms. The smallest absolute Gasteiger partial charge is 0.266 e. The number of hydrogen-bond acceptors (Lipinski definition) is 4. The van der Waals surface area contributed by atoms with E-state index in [-0.39, 0.29) is 5.57 Å². The lowest BCUT2D eigenvalue weighted by molar-refractivity contribution is -0.112. The lowest BCUT2D eigenvalue weighted by atomic mass is 10.1. The predicted octanol–water partition coefficient (Wildman–Crippen LogP) is 7.02. The maximum atomic E-state index is 12.6. The van der Waals surface area contributed by atoms with Gasteiger partial charge in [0.1, 0.15) is 29.7 Å². The first kappa shape index (κ1) is 24.4. The molecule has 0 saturated heterocycles. The summed E-state index contributed by atoms with van der Waals surface area (Å²) in [6.45, 7) is 2.98. The van der Waals surface area contributed by atoms with Crippen LogP contribution in [-0.2, 0) is 11.4 Å². The highest BCUT2D eigenvalue weighted by Gasteiger charge is 2.11. The maximum absolute atomic E-state index is 12.6. The first-order chi connectivity index (χ1) is 16.0. The van der Waals surface area contributed by atoms with Gasteiger partial charge in [-0.15, -0.1) is 0 Å².